The van der Waals surface area contributed by atoms with E-state index in [1.807, 2.05) is 25.1 Å². The third-order valence-electron chi connectivity index (χ3n) is 4.79. The Bertz CT molecular complexity index is 757. The molecule has 0 bridgehead atoms. The smallest absolute Gasteiger partial charge is 0.258 e. The second kappa shape index (κ2) is 9.06. The summed E-state index contributed by atoms with van der Waals surface area (Å²) in [6.07, 6.45) is 2.63. The van der Waals surface area contributed by atoms with E-state index in [1.165, 1.54) is 37.1 Å². The Hall–Kier alpha value is -2.04. The van der Waals surface area contributed by atoms with Crippen molar-refractivity contribution in [2.75, 3.05) is 19.7 Å². The molecule has 26 heavy (non-hydrogen) atoms. The summed E-state index contributed by atoms with van der Waals surface area (Å²) in [6.45, 7) is 5.96. The van der Waals surface area contributed by atoms with Gasteiger partial charge in [-0.05, 0) is 30.2 Å². The van der Waals surface area contributed by atoms with E-state index in [9.17, 15) is 4.79 Å². The van der Waals surface area contributed by atoms with Crippen molar-refractivity contribution in [1.82, 2.24) is 5.32 Å². The molecule has 2 aromatic rings. The number of hydrogen-bond donors (Lipinski definition) is 2. The predicted molar refractivity (Wildman–Crippen MR) is 104 cm³/mol. The summed E-state index contributed by atoms with van der Waals surface area (Å²) >= 11 is 6.10. The van der Waals surface area contributed by atoms with Crippen molar-refractivity contribution in [2.45, 2.75) is 32.9 Å². The lowest BCUT2D eigenvalue weighted by molar-refractivity contribution is -0.901. The zero-order chi connectivity index (χ0) is 18.4. The van der Waals surface area contributed by atoms with E-state index < -0.39 is 0 Å². The average molecular weight is 374 g/mol. The molecule has 0 aromatic heterocycles. The van der Waals surface area contributed by atoms with Crippen molar-refractivity contribution in [3.63, 3.8) is 0 Å². The van der Waals surface area contributed by atoms with E-state index in [2.05, 4.69) is 23.5 Å². The highest BCUT2D eigenvalue weighted by molar-refractivity contribution is 6.32. The minimum Gasteiger partial charge on any atom is -0.482 e. The van der Waals surface area contributed by atoms with Crippen LogP contribution in [-0.2, 0) is 17.9 Å². The number of quaternary nitrogens is 1. The lowest BCUT2D eigenvalue weighted by atomic mass is 10.1. The summed E-state index contributed by atoms with van der Waals surface area (Å²) in [5.41, 5.74) is 3.53. The maximum atomic E-state index is 12.2. The number of carbonyl (C=O) groups excluding carboxylic acids is 1. The van der Waals surface area contributed by atoms with Gasteiger partial charge in [-0.15, -0.1) is 0 Å². The van der Waals surface area contributed by atoms with Gasteiger partial charge in [0.15, 0.2) is 6.61 Å². The maximum Gasteiger partial charge on any atom is 0.258 e. The summed E-state index contributed by atoms with van der Waals surface area (Å²) in [4.78, 5) is 13.8. The van der Waals surface area contributed by atoms with E-state index in [0.717, 1.165) is 12.1 Å². The number of nitrogens with one attached hydrogen (secondary N) is 2. The fourth-order valence-electron chi connectivity index (χ4n) is 3.33. The number of ether oxygens (including phenoxy) is 1. The van der Waals surface area contributed by atoms with Gasteiger partial charge >= 0.3 is 0 Å². The highest BCUT2D eigenvalue weighted by atomic mass is 35.5. The summed E-state index contributed by atoms with van der Waals surface area (Å²) in [5, 5.41) is 3.47. The summed E-state index contributed by atoms with van der Waals surface area (Å²) < 4.78 is 5.56. The number of carbonyl (C=O) groups is 1. The number of aryl methyl sites for hydroxylation is 1. The number of amides is 1. The van der Waals surface area contributed by atoms with Gasteiger partial charge in [0.25, 0.3) is 5.91 Å². The average Bonchev–Trinajstić information content (AvgIpc) is 3.15. The first-order valence-corrected chi connectivity index (χ1v) is 9.55. The van der Waals surface area contributed by atoms with Crippen LogP contribution in [0.15, 0.2) is 42.5 Å². The molecule has 1 heterocycles. The van der Waals surface area contributed by atoms with Gasteiger partial charge in [0.2, 0.25) is 0 Å². The second-order valence-electron chi connectivity index (χ2n) is 6.90. The van der Waals surface area contributed by atoms with Crippen molar-refractivity contribution < 1.29 is 14.4 Å². The van der Waals surface area contributed by atoms with Crippen LogP contribution in [0.2, 0.25) is 5.02 Å². The third kappa shape index (κ3) is 5.23. The quantitative estimate of drug-likeness (QED) is 0.783. The van der Waals surface area contributed by atoms with Gasteiger partial charge in [0.05, 0.1) is 18.1 Å². The Morgan fingerprint density at radius 2 is 1.88 bits per heavy atom. The van der Waals surface area contributed by atoms with E-state index in [1.54, 1.807) is 11.0 Å². The highest BCUT2D eigenvalue weighted by Crippen LogP contribution is 2.25. The van der Waals surface area contributed by atoms with Crippen LogP contribution in [0.25, 0.3) is 0 Å². The standard InChI is InChI=1S/C21H25ClN2O2/c1-16-8-9-19(22)20(12-16)26-15-21(25)23-13-17-6-2-3-7-18(17)14-24-10-4-5-11-24/h2-3,6-9,12H,4-5,10-11,13-15H2,1H3,(H,23,25)/p+1. The van der Waals surface area contributed by atoms with Crippen molar-refractivity contribution in [2.24, 2.45) is 0 Å². The molecule has 2 N–H and O–H groups in total. The Morgan fingerprint density at radius 3 is 2.65 bits per heavy atom. The van der Waals surface area contributed by atoms with Gasteiger partial charge < -0.3 is 15.0 Å². The molecule has 3 rings (SSSR count). The molecular weight excluding hydrogens is 348 g/mol. The lowest BCUT2D eigenvalue weighted by Crippen LogP contribution is -3.08. The first-order chi connectivity index (χ1) is 12.6. The predicted octanol–water partition coefficient (Wildman–Crippen LogP) is 2.52. The van der Waals surface area contributed by atoms with Crippen molar-refractivity contribution in [3.05, 3.63) is 64.2 Å². The Kier molecular flexibility index (Phi) is 6.53. The van der Waals surface area contributed by atoms with E-state index in [-0.39, 0.29) is 12.5 Å². The van der Waals surface area contributed by atoms with Crippen molar-refractivity contribution >= 4 is 17.5 Å². The molecule has 1 saturated heterocycles. The molecule has 5 heteroatoms. The van der Waals surface area contributed by atoms with Gasteiger partial charge in [-0.3, -0.25) is 4.79 Å². The molecule has 1 fully saturated rings. The molecule has 2 aromatic carbocycles. The molecule has 1 aliphatic heterocycles. The molecule has 0 saturated carbocycles. The first kappa shape index (κ1) is 18.7. The summed E-state index contributed by atoms with van der Waals surface area (Å²) in [7, 11) is 0. The van der Waals surface area contributed by atoms with Crippen LogP contribution >= 0.6 is 11.6 Å². The van der Waals surface area contributed by atoms with E-state index in [4.69, 9.17) is 16.3 Å². The SMILES string of the molecule is Cc1ccc(Cl)c(OCC(=O)NCc2ccccc2C[NH+]2CCCC2)c1. The topological polar surface area (TPSA) is 42.8 Å². The molecule has 1 amide bonds. The normalized spacial score (nSPS) is 14.4. The fourth-order valence-corrected chi connectivity index (χ4v) is 3.50. The molecule has 138 valence electrons. The fraction of sp³-hybridized carbons (Fsp3) is 0.381. The van der Waals surface area contributed by atoms with E-state index in [0.29, 0.717) is 17.3 Å². The van der Waals surface area contributed by atoms with Crippen LogP contribution in [-0.4, -0.2) is 25.6 Å². The molecule has 0 atom stereocenters. The molecule has 0 aliphatic carbocycles. The highest BCUT2D eigenvalue weighted by Gasteiger charge is 2.17. The van der Waals surface area contributed by atoms with Crippen LogP contribution in [0, 0.1) is 6.92 Å². The van der Waals surface area contributed by atoms with Crippen LogP contribution in [0.1, 0.15) is 29.5 Å². The molecule has 0 spiro atoms. The van der Waals surface area contributed by atoms with Crippen molar-refractivity contribution in [1.29, 1.82) is 0 Å². The minimum atomic E-state index is -0.147. The van der Waals surface area contributed by atoms with Crippen LogP contribution in [0.3, 0.4) is 0 Å². The van der Waals surface area contributed by atoms with Gasteiger partial charge in [-0.25, -0.2) is 0 Å². The van der Waals surface area contributed by atoms with E-state index >= 15 is 0 Å². The van der Waals surface area contributed by atoms with Gasteiger partial charge in [0.1, 0.15) is 12.3 Å². The van der Waals surface area contributed by atoms with Crippen LogP contribution in [0.4, 0.5) is 0 Å². The number of benzene rings is 2. The Labute approximate surface area is 160 Å². The number of hydrogen-bond acceptors (Lipinski definition) is 2. The minimum absolute atomic E-state index is 0.0390. The number of halogens is 1. The molecule has 4 nitrogen and oxygen atoms in total. The molecular formula is C21H26ClN2O2+. The zero-order valence-corrected chi connectivity index (χ0v) is 15.9. The van der Waals surface area contributed by atoms with Crippen molar-refractivity contribution in [3.8, 4) is 5.75 Å². The maximum absolute atomic E-state index is 12.2. The molecule has 1 aliphatic rings. The number of rotatable bonds is 7. The third-order valence-corrected chi connectivity index (χ3v) is 5.10. The monoisotopic (exact) mass is 373 g/mol. The first-order valence-electron chi connectivity index (χ1n) is 9.18. The summed E-state index contributed by atoms with van der Waals surface area (Å²) in [5.74, 6) is 0.394. The molecule has 0 unspecified atom stereocenters. The van der Waals surface area contributed by atoms with Crippen LogP contribution in [0.5, 0.6) is 5.75 Å². The Balaban J connectivity index is 1.52. The summed E-state index contributed by atoms with van der Waals surface area (Å²) in [6, 6.07) is 13.9. The van der Waals surface area contributed by atoms with Gasteiger partial charge in [-0.2, -0.15) is 0 Å². The lowest BCUT2D eigenvalue weighted by Gasteiger charge is -2.15. The second-order valence-corrected chi connectivity index (χ2v) is 7.31. The Morgan fingerprint density at radius 1 is 1.15 bits per heavy atom. The zero-order valence-electron chi connectivity index (χ0n) is 15.2. The molecule has 0 radical (unpaired) electrons. The van der Waals surface area contributed by atoms with Gasteiger partial charge in [-0.1, -0.05) is 41.9 Å². The largest absolute Gasteiger partial charge is 0.482 e. The van der Waals surface area contributed by atoms with Crippen LogP contribution < -0.4 is 15.0 Å². The van der Waals surface area contributed by atoms with Gasteiger partial charge in [0, 0.05) is 24.9 Å². The number of likely N-dealkylation sites (tertiary alicyclic amines) is 1.